The molecule has 0 aromatic heterocycles. The summed E-state index contributed by atoms with van der Waals surface area (Å²) in [7, 11) is 0. The zero-order chi connectivity index (χ0) is 13.6. The molecule has 3 rings (SSSR count). The van der Waals surface area contributed by atoms with Crippen LogP contribution in [-0.4, -0.2) is 32.5 Å². The number of rotatable bonds is 7. The Morgan fingerprint density at radius 3 is 2.30 bits per heavy atom. The molecule has 1 atom stereocenters. The average molecular weight is 270 g/mol. The highest BCUT2D eigenvalue weighted by atomic mass is 16.6. The summed E-state index contributed by atoms with van der Waals surface area (Å²) < 4.78 is 16.1. The molecule has 0 spiro atoms. The molecule has 1 unspecified atom stereocenters. The van der Waals surface area contributed by atoms with Gasteiger partial charge in [0.2, 0.25) is 0 Å². The minimum absolute atomic E-state index is 0.320. The van der Waals surface area contributed by atoms with E-state index in [0.29, 0.717) is 25.9 Å². The molecule has 0 aliphatic carbocycles. The van der Waals surface area contributed by atoms with E-state index in [9.17, 15) is 0 Å². The standard InChI is InChI=1S/C17H18O3/c1-2-4-14(5-3-1)15-6-8-16(9-7-15)19-11-10-18-12-17-13-20-17/h1-9,17H,10-13H2. The summed E-state index contributed by atoms with van der Waals surface area (Å²) in [6, 6.07) is 18.4. The van der Waals surface area contributed by atoms with Crippen molar-refractivity contribution >= 4 is 0 Å². The third kappa shape index (κ3) is 3.83. The van der Waals surface area contributed by atoms with Crippen molar-refractivity contribution in [1.82, 2.24) is 0 Å². The molecule has 1 fully saturated rings. The lowest BCUT2D eigenvalue weighted by molar-refractivity contribution is 0.0878. The summed E-state index contributed by atoms with van der Waals surface area (Å²) in [4.78, 5) is 0. The fourth-order valence-electron chi connectivity index (χ4n) is 1.97. The summed E-state index contributed by atoms with van der Waals surface area (Å²) in [6.45, 7) is 2.68. The van der Waals surface area contributed by atoms with E-state index in [4.69, 9.17) is 14.2 Å². The van der Waals surface area contributed by atoms with Crippen LogP contribution < -0.4 is 4.74 Å². The first kappa shape index (κ1) is 13.2. The van der Waals surface area contributed by atoms with Gasteiger partial charge < -0.3 is 14.2 Å². The van der Waals surface area contributed by atoms with Crippen LogP contribution in [0, 0.1) is 0 Å². The Bertz CT molecular complexity index is 518. The molecule has 0 saturated carbocycles. The van der Waals surface area contributed by atoms with Crippen LogP contribution in [0.1, 0.15) is 0 Å². The molecule has 0 amide bonds. The Balaban J connectivity index is 1.46. The largest absolute Gasteiger partial charge is 0.491 e. The lowest BCUT2D eigenvalue weighted by Crippen LogP contribution is -2.10. The van der Waals surface area contributed by atoms with Crippen molar-refractivity contribution < 1.29 is 14.2 Å². The van der Waals surface area contributed by atoms with Crippen molar-refractivity contribution in [3.63, 3.8) is 0 Å². The van der Waals surface area contributed by atoms with Gasteiger partial charge in [0.1, 0.15) is 18.5 Å². The van der Waals surface area contributed by atoms with Crippen LogP contribution in [0.25, 0.3) is 11.1 Å². The van der Waals surface area contributed by atoms with Crippen molar-refractivity contribution in [2.75, 3.05) is 26.4 Å². The fraction of sp³-hybridized carbons (Fsp3) is 0.294. The summed E-state index contributed by atoms with van der Waals surface area (Å²) in [5.41, 5.74) is 2.41. The van der Waals surface area contributed by atoms with Crippen molar-refractivity contribution in [3.05, 3.63) is 54.6 Å². The summed E-state index contributed by atoms with van der Waals surface area (Å²) >= 11 is 0. The highest BCUT2D eigenvalue weighted by molar-refractivity contribution is 5.63. The van der Waals surface area contributed by atoms with Gasteiger partial charge in [0, 0.05) is 0 Å². The number of benzene rings is 2. The van der Waals surface area contributed by atoms with Crippen molar-refractivity contribution in [2.45, 2.75) is 6.10 Å². The Hall–Kier alpha value is -1.84. The molecule has 3 heteroatoms. The molecule has 2 aromatic carbocycles. The van der Waals surface area contributed by atoms with Gasteiger partial charge in [0.25, 0.3) is 0 Å². The highest BCUT2D eigenvalue weighted by Gasteiger charge is 2.21. The average Bonchev–Trinajstić information content (AvgIpc) is 3.33. The van der Waals surface area contributed by atoms with Gasteiger partial charge in [-0.25, -0.2) is 0 Å². The Morgan fingerprint density at radius 1 is 0.900 bits per heavy atom. The first-order chi connectivity index (χ1) is 9.92. The van der Waals surface area contributed by atoms with Crippen LogP contribution >= 0.6 is 0 Å². The second-order valence-corrected chi connectivity index (χ2v) is 4.77. The summed E-state index contributed by atoms with van der Waals surface area (Å²) in [5.74, 6) is 0.871. The van der Waals surface area contributed by atoms with E-state index in [1.807, 2.05) is 30.3 Å². The molecular weight excluding hydrogens is 252 g/mol. The van der Waals surface area contributed by atoms with Crippen molar-refractivity contribution in [2.24, 2.45) is 0 Å². The molecule has 1 saturated heterocycles. The van der Waals surface area contributed by atoms with Gasteiger partial charge in [0.15, 0.2) is 0 Å². The molecule has 0 radical (unpaired) electrons. The predicted octanol–water partition coefficient (Wildman–Crippen LogP) is 3.15. The van der Waals surface area contributed by atoms with Crippen LogP contribution in [-0.2, 0) is 9.47 Å². The zero-order valence-electron chi connectivity index (χ0n) is 11.3. The fourth-order valence-corrected chi connectivity index (χ4v) is 1.97. The molecule has 0 bridgehead atoms. The Morgan fingerprint density at radius 2 is 1.60 bits per heavy atom. The Labute approximate surface area is 119 Å². The van der Waals surface area contributed by atoms with Gasteiger partial charge in [-0.1, -0.05) is 42.5 Å². The predicted molar refractivity (Wildman–Crippen MR) is 77.9 cm³/mol. The quantitative estimate of drug-likeness (QED) is 0.572. The smallest absolute Gasteiger partial charge is 0.119 e. The minimum Gasteiger partial charge on any atom is -0.491 e. The number of hydrogen-bond donors (Lipinski definition) is 0. The number of epoxide rings is 1. The second kappa shape index (κ2) is 6.55. The minimum atomic E-state index is 0.320. The molecule has 20 heavy (non-hydrogen) atoms. The van der Waals surface area contributed by atoms with Crippen molar-refractivity contribution in [3.8, 4) is 16.9 Å². The maximum absolute atomic E-state index is 5.63. The molecule has 1 heterocycles. The Kier molecular flexibility index (Phi) is 4.31. The van der Waals surface area contributed by atoms with Gasteiger partial charge in [-0.05, 0) is 23.3 Å². The first-order valence-corrected chi connectivity index (χ1v) is 6.89. The summed E-state index contributed by atoms with van der Waals surface area (Å²) in [6.07, 6.45) is 0.320. The van der Waals surface area contributed by atoms with E-state index in [2.05, 4.69) is 24.3 Å². The van der Waals surface area contributed by atoms with Crippen LogP contribution in [0.4, 0.5) is 0 Å². The number of hydrogen-bond acceptors (Lipinski definition) is 3. The first-order valence-electron chi connectivity index (χ1n) is 6.89. The topological polar surface area (TPSA) is 31.0 Å². The molecule has 0 N–H and O–H groups in total. The normalized spacial score (nSPS) is 16.9. The molecule has 104 valence electrons. The van der Waals surface area contributed by atoms with Gasteiger partial charge in [-0.3, -0.25) is 0 Å². The highest BCUT2D eigenvalue weighted by Crippen LogP contribution is 2.21. The zero-order valence-corrected chi connectivity index (χ0v) is 11.3. The number of ether oxygens (including phenoxy) is 3. The van der Waals surface area contributed by atoms with E-state index in [-0.39, 0.29) is 0 Å². The molecule has 2 aromatic rings. The van der Waals surface area contributed by atoms with Gasteiger partial charge in [-0.2, -0.15) is 0 Å². The van der Waals surface area contributed by atoms with Crippen LogP contribution in [0.3, 0.4) is 0 Å². The summed E-state index contributed by atoms with van der Waals surface area (Å²) in [5, 5.41) is 0. The van der Waals surface area contributed by atoms with E-state index >= 15 is 0 Å². The van der Waals surface area contributed by atoms with Gasteiger partial charge in [-0.15, -0.1) is 0 Å². The van der Waals surface area contributed by atoms with Crippen LogP contribution in [0.15, 0.2) is 54.6 Å². The molecule has 1 aliphatic rings. The molecule has 1 aliphatic heterocycles. The van der Waals surface area contributed by atoms with E-state index < -0.39 is 0 Å². The lowest BCUT2D eigenvalue weighted by Gasteiger charge is -2.07. The third-order valence-electron chi connectivity index (χ3n) is 3.16. The maximum Gasteiger partial charge on any atom is 0.119 e. The third-order valence-corrected chi connectivity index (χ3v) is 3.16. The van der Waals surface area contributed by atoms with E-state index in [1.54, 1.807) is 0 Å². The lowest BCUT2D eigenvalue weighted by atomic mass is 10.1. The molecular formula is C17H18O3. The van der Waals surface area contributed by atoms with Gasteiger partial charge >= 0.3 is 0 Å². The van der Waals surface area contributed by atoms with E-state index in [1.165, 1.54) is 11.1 Å². The second-order valence-electron chi connectivity index (χ2n) is 4.77. The monoisotopic (exact) mass is 270 g/mol. The van der Waals surface area contributed by atoms with Gasteiger partial charge in [0.05, 0.1) is 19.8 Å². The van der Waals surface area contributed by atoms with Crippen LogP contribution in [0.5, 0.6) is 5.75 Å². The maximum atomic E-state index is 5.63. The van der Waals surface area contributed by atoms with Crippen molar-refractivity contribution in [1.29, 1.82) is 0 Å². The molecule has 3 nitrogen and oxygen atoms in total. The van der Waals surface area contributed by atoms with Crippen LogP contribution in [0.2, 0.25) is 0 Å². The SMILES string of the molecule is c1ccc(-c2ccc(OCCOCC3CO3)cc2)cc1. The van der Waals surface area contributed by atoms with E-state index in [0.717, 1.165) is 12.4 Å².